The molecular weight excluding hydrogens is 443 g/mol. The molecule has 1 atom stereocenters. The molecule has 4 nitrogen and oxygen atoms in total. The van der Waals surface area contributed by atoms with Crippen LogP contribution in [0.2, 0.25) is 5.02 Å². The van der Waals surface area contributed by atoms with Crippen LogP contribution in [0.5, 0.6) is 0 Å². The number of aliphatic hydroxyl groups is 1. The molecule has 0 aromatic heterocycles. The van der Waals surface area contributed by atoms with Gasteiger partial charge in [0.2, 0.25) is 0 Å². The molecule has 1 N–H and O–H groups in total. The highest BCUT2D eigenvalue weighted by molar-refractivity contribution is 6.30. The topological polar surface area (TPSA) is 35.9 Å². The van der Waals surface area contributed by atoms with Gasteiger partial charge in [-0.1, -0.05) is 38.4 Å². The van der Waals surface area contributed by atoms with Crippen molar-refractivity contribution in [2.24, 2.45) is 11.3 Å². The summed E-state index contributed by atoms with van der Waals surface area (Å²) in [5, 5.41) is 11.2. The molecule has 0 amide bonds. The second-order valence-electron chi connectivity index (χ2n) is 9.59. The third-order valence-corrected chi connectivity index (χ3v) is 6.67. The van der Waals surface area contributed by atoms with Crippen molar-refractivity contribution in [2.75, 3.05) is 44.2 Å². The van der Waals surface area contributed by atoms with Gasteiger partial charge < -0.3 is 14.7 Å². The second-order valence-corrected chi connectivity index (χ2v) is 10.0. The molecule has 1 saturated heterocycles. The molecule has 7 heteroatoms. The van der Waals surface area contributed by atoms with Crippen LogP contribution >= 0.6 is 36.4 Å². The number of nitrogens with zero attached hydrogens (tertiary/aromatic N) is 2. The molecular formula is C23H39Cl3N2O2. The fourth-order valence-corrected chi connectivity index (χ4v) is 4.74. The van der Waals surface area contributed by atoms with Crippen LogP contribution in [0.15, 0.2) is 24.3 Å². The van der Waals surface area contributed by atoms with E-state index in [9.17, 15) is 5.11 Å². The van der Waals surface area contributed by atoms with Crippen LogP contribution in [0.3, 0.4) is 0 Å². The standard InChI is InChI=1S/C23H37ClN2O2.2ClH/c1-23(2,3)18-7-9-22(10-8-18)28-17-21(27)16-25-11-13-26(14-12-25)20-6-4-5-19(24)15-20;;/h4-6,15,18,21-22,27H,7-14,16-17H2,1-3H3;2*1H. The summed E-state index contributed by atoms with van der Waals surface area (Å²) in [7, 11) is 0. The van der Waals surface area contributed by atoms with E-state index in [-0.39, 0.29) is 24.8 Å². The number of rotatable bonds is 6. The molecule has 0 spiro atoms. The van der Waals surface area contributed by atoms with Crippen molar-refractivity contribution in [1.82, 2.24) is 4.90 Å². The number of hydrogen-bond acceptors (Lipinski definition) is 4. The number of ether oxygens (including phenoxy) is 1. The Bertz CT molecular complexity index is 611. The summed E-state index contributed by atoms with van der Waals surface area (Å²) >= 11 is 6.11. The lowest BCUT2D eigenvalue weighted by molar-refractivity contribution is -0.0446. The normalized spacial score (nSPS) is 24.0. The Labute approximate surface area is 200 Å². The van der Waals surface area contributed by atoms with E-state index in [4.69, 9.17) is 16.3 Å². The van der Waals surface area contributed by atoms with Crippen LogP contribution in [-0.2, 0) is 4.74 Å². The quantitative estimate of drug-likeness (QED) is 0.599. The molecule has 1 unspecified atom stereocenters. The Morgan fingerprint density at radius 3 is 2.27 bits per heavy atom. The van der Waals surface area contributed by atoms with Crippen molar-refractivity contribution < 1.29 is 9.84 Å². The van der Waals surface area contributed by atoms with Gasteiger partial charge >= 0.3 is 0 Å². The molecule has 1 saturated carbocycles. The number of anilines is 1. The predicted octanol–water partition coefficient (Wildman–Crippen LogP) is 5.29. The van der Waals surface area contributed by atoms with Gasteiger partial charge in [-0.05, 0) is 55.2 Å². The first-order valence-electron chi connectivity index (χ1n) is 10.8. The molecule has 2 aliphatic rings. The summed E-state index contributed by atoms with van der Waals surface area (Å²) in [4.78, 5) is 4.70. The van der Waals surface area contributed by atoms with E-state index in [1.165, 1.54) is 18.5 Å². The molecule has 2 fully saturated rings. The van der Waals surface area contributed by atoms with E-state index in [2.05, 4.69) is 36.6 Å². The zero-order valence-electron chi connectivity index (χ0n) is 18.6. The zero-order chi connectivity index (χ0) is 20.1. The smallest absolute Gasteiger partial charge is 0.0900 e. The minimum absolute atomic E-state index is 0. The van der Waals surface area contributed by atoms with Crippen molar-refractivity contribution in [3.63, 3.8) is 0 Å². The van der Waals surface area contributed by atoms with Crippen molar-refractivity contribution >= 4 is 42.1 Å². The van der Waals surface area contributed by atoms with Crippen molar-refractivity contribution in [3.8, 4) is 0 Å². The largest absolute Gasteiger partial charge is 0.389 e. The van der Waals surface area contributed by atoms with Gasteiger partial charge in [0.05, 0.1) is 18.8 Å². The van der Waals surface area contributed by atoms with Crippen molar-refractivity contribution in [2.45, 2.75) is 58.7 Å². The Kier molecular flexibility index (Phi) is 11.8. The lowest BCUT2D eigenvalue weighted by atomic mass is 9.72. The lowest BCUT2D eigenvalue weighted by Gasteiger charge is -2.38. The van der Waals surface area contributed by atoms with Crippen LogP contribution in [0, 0.1) is 11.3 Å². The van der Waals surface area contributed by atoms with Crippen LogP contribution < -0.4 is 4.90 Å². The fraction of sp³-hybridized carbons (Fsp3) is 0.739. The number of β-amino-alcohol motifs (C(OH)–C–C–N with tert-alkyl or cyclic N) is 1. The van der Waals surface area contributed by atoms with Gasteiger partial charge in [-0.15, -0.1) is 24.8 Å². The Hall–Kier alpha value is -0.230. The minimum atomic E-state index is -0.405. The number of aliphatic hydroxyl groups excluding tert-OH is 1. The summed E-state index contributed by atoms with van der Waals surface area (Å²) in [5.41, 5.74) is 1.58. The Balaban J connectivity index is 0.00000225. The Morgan fingerprint density at radius 2 is 1.70 bits per heavy atom. The van der Waals surface area contributed by atoms with Crippen LogP contribution in [0.25, 0.3) is 0 Å². The van der Waals surface area contributed by atoms with E-state index in [1.54, 1.807) is 0 Å². The van der Waals surface area contributed by atoms with Crippen molar-refractivity contribution in [3.05, 3.63) is 29.3 Å². The molecule has 1 aliphatic heterocycles. The highest BCUT2D eigenvalue weighted by Crippen LogP contribution is 2.38. The number of benzene rings is 1. The van der Waals surface area contributed by atoms with Gasteiger partial charge in [0, 0.05) is 43.4 Å². The molecule has 1 aromatic carbocycles. The molecule has 30 heavy (non-hydrogen) atoms. The van der Waals surface area contributed by atoms with Gasteiger partial charge in [0.1, 0.15) is 0 Å². The highest BCUT2D eigenvalue weighted by Gasteiger charge is 2.30. The summed E-state index contributed by atoms with van der Waals surface area (Å²) in [6.07, 6.45) is 4.68. The maximum atomic E-state index is 10.4. The second kappa shape index (κ2) is 12.7. The van der Waals surface area contributed by atoms with E-state index in [0.29, 0.717) is 24.7 Å². The van der Waals surface area contributed by atoms with Gasteiger partial charge in [-0.25, -0.2) is 0 Å². The predicted molar refractivity (Wildman–Crippen MR) is 132 cm³/mol. The Morgan fingerprint density at radius 1 is 1.07 bits per heavy atom. The maximum absolute atomic E-state index is 10.4. The first kappa shape index (κ1) is 27.8. The van der Waals surface area contributed by atoms with Crippen molar-refractivity contribution in [1.29, 1.82) is 0 Å². The zero-order valence-corrected chi connectivity index (χ0v) is 20.9. The minimum Gasteiger partial charge on any atom is -0.389 e. The molecule has 1 heterocycles. The molecule has 3 rings (SSSR count). The van der Waals surface area contributed by atoms with E-state index in [1.807, 2.05) is 18.2 Å². The van der Waals surface area contributed by atoms with Gasteiger partial charge in [0.15, 0.2) is 0 Å². The summed E-state index contributed by atoms with van der Waals surface area (Å²) in [5.74, 6) is 0.799. The van der Waals surface area contributed by atoms with Crippen LogP contribution in [0.1, 0.15) is 46.5 Å². The summed E-state index contributed by atoms with van der Waals surface area (Å²) < 4.78 is 6.05. The number of halogens is 3. The van der Waals surface area contributed by atoms with E-state index < -0.39 is 6.10 Å². The molecule has 1 aliphatic carbocycles. The third-order valence-electron chi connectivity index (χ3n) is 6.44. The lowest BCUT2D eigenvalue weighted by Crippen LogP contribution is -2.49. The first-order chi connectivity index (χ1) is 13.3. The van der Waals surface area contributed by atoms with Crippen LogP contribution in [-0.4, -0.2) is 61.5 Å². The number of hydrogen-bond donors (Lipinski definition) is 1. The van der Waals surface area contributed by atoms with E-state index >= 15 is 0 Å². The first-order valence-corrected chi connectivity index (χ1v) is 11.2. The molecule has 0 radical (unpaired) electrons. The molecule has 0 bridgehead atoms. The average Bonchev–Trinajstić information content (AvgIpc) is 2.67. The highest BCUT2D eigenvalue weighted by atomic mass is 35.5. The SMILES string of the molecule is CC(C)(C)C1CCC(OCC(O)CN2CCN(c3cccc(Cl)c3)CC2)CC1.Cl.Cl. The van der Waals surface area contributed by atoms with Gasteiger partial charge in [0.25, 0.3) is 0 Å². The van der Waals surface area contributed by atoms with E-state index in [0.717, 1.165) is 50.0 Å². The maximum Gasteiger partial charge on any atom is 0.0900 e. The van der Waals surface area contributed by atoms with Crippen LogP contribution in [0.4, 0.5) is 5.69 Å². The molecule has 174 valence electrons. The number of piperazine rings is 1. The van der Waals surface area contributed by atoms with Gasteiger partial charge in [-0.2, -0.15) is 0 Å². The van der Waals surface area contributed by atoms with Gasteiger partial charge in [-0.3, -0.25) is 4.90 Å². The average molecular weight is 482 g/mol. The molecule has 1 aromatic rings. The summed E-state index contributed by atoms with van der Waals surface area (Å²) in [6, 6.07) is 8.04. The summed E-state index contributed by atoms with van der Waals surface area (Å²) in [6.45, 7) is 12.0. The monoisotopic (exact) mass is 480 g/mol. The fourth-order valence-electron chi connectivity index (χ4n) is 4.55. The third kappa shape index (κ3) is 8.37.